The van der Waals surface area contributed by atoms with Gasteiger partial charge in [-0.05, 0) is 25.0 Å². The van der Waals surface area contributed by atoms with Gasteiger partial charge in [-0.15, -0.1) is 11.6 Å². The van der Waals surface area contributed by atoms with Crippen LogP contribution in [0.15, 0.2) is 18.2 Å². The summed E-state index contributed by atoms with van der Waals surface area (Å²) in [6.45, 7) is 4.09. The summed E-state index contributed by atoms with van der Waals surface area (Å²) in [7, 11) is 0. The maximum Gasteiger partial charge on any atom is 0.411 e. The van der Waals surface area contributed by atoms with E-state index in [2.05, 4.69) is 5.32 Å². The van der Waals surface area contributed by atoms with Crippen molar-refractivity contribution >= 4 is 23.4 Å². The number of amides is 1. The van der Waals surface area contributed by atoms with Crippen molar-refractivity contribution in [1.29, 1.82) is 0 Å². The normalized spacial score (nSPS) is 9.80. The van der Waals surface area contributed by atoms with Gasteiger partial charge in [-0.2, -0.15) is 0 Å². The number of carbonyl (C=O) groups is 1. The molecule has 1 amide bonds. The molecule has 0 saturated carbocycles. The molecule has 1 aromatic carbocycles. The van der Waals surface area contributed by atoms with Crippen LogP contribution in [0.1, 0.15) is 11.1 Å². The first-order valence-corrected chi connectivity index (χ1v) is 5.24. The van der Waals surface area contributed by atoms with Gasteiger partial charge in [-0.25, -0.2) is 4.79 Å². The zero-order chi connectivity index (χ0) is 11.3. The molecule has 4 heteroatoms. The van der Waals surface area contributed by atoms with Gasteiger partial charge in [0, 0.05) is 5.69 Å². The van der Waals surface area contributed by atoms with Crippen molar-refractivity contribution in [2.75, 3.05) is 17.8 Å². The molecule has 0 aromatic heterocycles. The summed E-state index contributed by atoms with van der Waals surface area (Å²) in [5, 5.41) is 2.69. The topological polar surface area (TPSA) is 38.3 Å². The van der Waals surface area contributed by atoms with Crippen molar-refractivity contribution in [2.45, 2.75) is 13.8 Å². The summed E-state index contributed by atoms with van der Waals surface area (Å²) in [5.74, 6) is 0.306. The fraction of sp³-hybridized carbons (Fsp3) is 0.364. The quantitative estimate of drug-likeness (QED) is 0.806. The van der Waals surface area contributed by atoms with Crippen molar-refractivity contribution in [1.82, 2.24) is 0 Å². The largest absolute Gasteiger partial charge is 0.448 e. The lowest BCUT2D eigenvalue weighted by Crippen LogP contribution is -2.16. The van der Waals surface area contributed by atoms with Gasteiger partial charge in [0.1, 0.15) is 6.61 Å². The fourth-order valence-electron chi connectivity index (χ4n) is 1.28. The first kappa shape index (κ1) is 11.9. The predicted octanol–water partition coefficient (Wildman–Crippen LogP) is 3.09. The van der Waals surface area contributed by atoms with Gasteiger partial charge in [0.2, 0.25) is 0 Å². The number of anilines is 1. The van der Waals surface area contributed by atoms with Crippen molar-refractivity contribution in [2.24, 2.45) is 0 Å². The molecule has 0 spiro atoms. The van der Waals surface area contributed by atoms with Crippen LogP contribution in [0.5, 0.6) is 0 Å². The zero-order valence-electron chi connectivity index (χ0n) is 8.84. The Morgan fingerprint density at radius 2 is 2.00 bits per heavy atom. The number of hydrogen-bond acceptors (Lipinski definition) is 2. The van der Waals surface area contributed by atoms with Gasteiger partial charge in [0.15, 0.2) is 0 Å². The fourth-order valence-corrected chi connectivity index (χ4v) is 1.36. The van der Waals surface area contributed by atoms with Crippen LogP contribution in [0.3, 0.4) is 0 Å². The van der Waals surface area contributed by atoms with Gasteiger partial charge in [0.05, 0.1) is 5.88 Å². The Morgan fingerprint density at radius 1 is 1.40 bits per heavy atom. The molecule has 0 fully saturated rings. The van der Waals surface area contributed by atoms with Gasteiger partial charge in [0.25, 0.3) is 0 Å². The number of nitrogens with one attached hydrogen (secondary N) is 1. The van der Waals surface area contributed by atoms with Gasteiger partial charge < -0.3 is 4.74 Å². The number of carbonyl (C=O) groups excluding carboxylic acids is 1. The molecule has 0 atom stereocenters. The molecule has 0 radical (unpaired) electrons. The molecule has 1 aromatic rings. The summed E-state index contributed by atoms with van der Waals surface area (Å²) in [6.07, 6.45) is -0.465. The van der Waals surface area contributed by atoms with Crippen molar-refractivity contribution in [3.8, 4) is 0 Å². The van der Waals surface area contributed by atoms with Crippen LogP contribution < -0.4 is 5.32 Å². The van der Waals surface area contributed by atoms with E-state index >= 15 is 0 Å². The molecule has 1 rings (SSSR count). The standard InChI is InChI=1S/C11H14ClNO2/c1-8-4-3-5-9(2)10(8)13-11(14)15-7-6-12/h3-5H,6-7H2,1-2H3,(H,13,14). The van der Waals surface area contributed by atoms with Crippen LogP contribution in [0, 0.1) is 13.8 Å². The van der Waals surface area contributed by atoms with E-state index in [0.29, 0.717) is 5.88 Å². The van der Waals surface area contributed by atoms with Crippen LogP contribution in [0.2, 0.25) is 0 Å². The number of halogens is 1. The van der Waals surface area contributed by atoms with E-state index < -0.39 is 6.09 Å². The molecule has 0 aliphatic rings. The zero-order valence-corrected chi connectivity index (χ0v) is 9.60. The lowest BCUT2D eigenvalue weighted by Gasteiger charge is -2.10. The van der Waals surface area contributed by atoms with E-state index in [1.165, 1.54) is 0 Å². The number of para-hydroxylation sites is 1. The van der Waals surface area contributed by atoms with Gasteiger partial charge in [-0.1, -0.05) is 18.2 Å². The van der Waals surface area contributed by atoms with E-state index in [-0.39, 0.29) is 6.61 Å². The van der Waals surface area contributed by atoms with Crippen molar-refractivity contribution < 1.29 is 9.53 Å². The third-order valence-electron chi connectivity index (χ3n) is 2.02. The second kappa shape index (κ2) is 5.61. The second-order valence-corrected chi connectivity index (χ2v) is 3.59. The Labute approximate surface area is 94.4 Å². The maximum absolute atomic E-state index is 11.3. The first-order chi connectivity index (χ1) is 7.15. The highest BCUT2D eigenvalue weighted by atomic mass is 35.5. The Balaban J connectivity index is 2.68. The molecule has 0 unspecified atom stereocenters. The molecule has 1 N–H and O–H groups in total. The maximum atomic E-state index is 11.3. The average Bonchev–Trinajstić information content (AvgIpc) is 2.21. The van der Waals surface area contributed by atoms with E-state index in [1.54, 1.807) is 0 Å². The van der Waals surface area contributed by atoms with Crippen LogP contribution >= 0.6 is 11.6 Å². The minimum atomic E-state index is -0.465. The van der Waals surface area contributed by atoms with E-state index in [0.717, 1.165) is 16.8 Å². The van der Waals surface area contributed by atoms with Gasteiger partial charge >= 0.3 is 6.09 Å². The molecule has 82 valence electrons. The molecule has 0 heterocycles. The van der Waals surface area contributed by atoms with Crippen LogP contribution in [0.25, 0.3) is 0 Å². The number of rotatable bonds is 3. The summed E-state index contributed by atoms with van der Waals surface area (Å²) in [4.78, 5) is 11.3. The molecule has 3 nitrogen and oxygen atoms in total. The summed E-state index contributed by atoms with van der Waals surface area (Å²) in [6, 6.07) is 5.81. The Hall–Kier alpha value is -1.22. The first-order valence-electron chi connectivity index (χ1n) is 4.71. The Kier molecular flexibility index (Phi) is 4.43. The van der Waals surface area contributed by atoms with E-state index in [9.17, 15) is 4.79 Å². The van der Waals surface area contributed by atoms with Gasteiger partial charge in [-0.3, -0.25) is 5.32 Å². The predicted molar refractivity (Wildman–Crippen MR) is 61.6 cm³/mol. The smallest absolute Gasteiger partial charge is 0.411 e. The second-order valence-electron chi connectivity index (χ2n) is 3.22. The third-order valence-corrected chi connectivity index (χ3v) is 2.17. The van der Waals surface area contributed by atoms with Crippen LogP contribution in [-0.2, 0) is 4.74 Å². The minimum absolute atomic E-state index is 0.221. The molecule has 0 aliphatic heterocycles. The highest BCUT2D eigenvalue weighted by Crippen LogP contribution is 2.19. The highest BCUT2D eigenvalue weighted by Gasteiger charge is 2.07. The van der Waals surface area contributed by atoms with E-state index in [1.807, 2.05) is 32.0 Å². The number of benzene rings is 1. The highest BCUT2D eigenvalue weighted by molar-refractivity contribution is 6.18. The lowest BCUT2D eigenvalue weighted by molar-refractivity contribution is 0.168. The summed E-state index contributed by atoms with van der Waals surface area (Å²) in [5.41, 5.74) is 2.83. The summed E-state index contributed by atoms with van der Waals surface area (Å²) >= 11 is 5.41. The summed E-state index contributed by atoms with van der Waals surface area (Å²) < 4.78 is 4.82. The minimum Gasteiger partial charge on any atom is -0.448 e. The molecule has 0 saturated heterocycles. The number of alkyl halides is 1. The molecular formula is C11H14ClNO2. The lowest BCUT2D eigenvalue weighted by atomic mass is 10.1. The van der Waals surface area contributed by atoms with Crippen molar-refractivity contribution in [3.63, 3.8) is 0 Å². The molecule has 0 bridgehead atoms. The monoisotopic (exact) mass is 227 g/mol. The van der Waals surface area contributed by atoms with Crippen LogP contribution in [0.4, 0.5) is 10.5 Å². The number of aryl methyl sites for hydroxylation is 2. The average molecular weight is 228 g/mol. The number of ether oxygens (including phenoxy) is 1. The van der Waals surface area contributed by atoms with Crippen molar-refractivity contribution in [3.05, 3.63) is 29.3 Å². The number of hydrogen-bond donors (Lipinski definition) is 1. The molecular weight excluding hydrogens is 214 g/mol. The molecule has 0 aliphatic carbocycles. The van der Waals surface area contributed by atoms with Crippen LogP contribution in [-0.4, -0.2) is 18.6 Å². The molecule has 15 heavy (non-hydrogen) atoms. The van der Waals surface area contributed by atoms with E-state index in [4.69, 9.17) is 16.3 Å². The Morgan fingerprint density at radius 3 is 2.53 bits per heavy atom. The Bertz CT molecular complexity index is 332. The SMILES string of the molecule is Cc1cccc(C)c1NC(=O)OCCCl. The third kappa shape index (κ3) is 3.44.